The third-order valence-corrected chi connectivity index (χ3v) is 2.99. The molecule has 0 aliphatic carbocycles. The molecule has 1 aliphatic heterocycles. The molecule has 0 bridgehead atoms. The summed E-state index contributed by atoms with van der Waals surface area (Å²) in [6, 6.07) is 5.43. The van der Waals surface area contributed by atoms with Crippen molar-refractivity contribution in [3.63, 3.8) is 0 Å². The smallest absolute Gasteiger partial charge is 0.231 e. The van der Waals surface area contributed by atoms with Crippen LogP contribution in [0.5, 0.6) is 17.2 Å². The Kier molecular flexibility index (Phi) is 4.90. The molecular weight excluding hydrogens is 314 g/mol. The van der Waals surface area contributed by atoms with Crippen LogP contribution >= 0.6 is 15.9 Å². The quantitative estimate of drug-likeness (QED) is 0.812. The van der Waals surface area contributed by atoms with Gasteiger partial charge in [0.2, 0.25) is 12.7 Å². The Morgan fingerprint density at radius 1 is 1.47 bits per heavy atom. The summed E-state index contributed by atoms with van der Waals surface area (Å²) in [4.78, 5) is 11.3. The predicted molar refractivity (Wildman–Crippen MR) is 74.1 cm³/mol. The number of hydrogen-bond donors (Lipinski definition) is 1. The zero-order valence-electron chi connectivity index (χ0n) is 10.6. The zero-order chi connectivity index (χ0) is 13.7. The van der Waals surface area contributed by atoms with E-state index in [4.69, 9.17) is 14.2 Å². The average Bonchev–Trinajstić information content (AvgIpc) is 2.84. The van der Waals surface area contributed by atoms with Gasteiger partial charge in [-0.2, -0.15) is 0 Å². The van der Waals surface area contributed by atoms with Crippen LogP contribution < -0.4 is 19.5 Å². The molecule has 2 rings (SSSR count). The number of hydrogen-bond acceptors (Lipinski definition) is 4. The van der Waals surface area contributed by atoms with Gasteiger partial charge in [0.1, 0.15) is 11.9 Å². The Morgan fingerprint density at radius 3 is 3.05 bits per heavy atom. The normalized spacial score (nSPS) is 14.0. The fraction of sp³-hybridized carbons (Fsp3) is 0.462. The van der Waals surface area contributed by atoms with Gasteiger partial charge in [-0.15, -0.1) is 0 Å². The van der Waals surface area contributed by atoms with Crippen molar-refractivity contribution >= 4 is 21.8 Å². The highest BCUT2D eigenvalue weighted by Gasteiger charge is 2.15. The largest absolute Gasteiger partial charge is 0.489 e. The zero-order valence-corrected chi connectivity index (χ0v) is 12.2. The van der Waals surface area contributed by atoms with Crippen molar-refractivity contribution in [2.45, 2.75) is 19.4 Å². The van der Waals surface area contributed by atoms with Gasteiger partial charge >= 0.3 is 0 Å². The lowest BCUT2D eigenvalue weighted by Gasteiger charge is -2.15. The van der Waals surface area contributed by atoms with Crippen molar-refractivity contribution in [1.29, 1.82) is 0 Å². The first-order chi connectivity index (χ1) is 9.19. The van der Waals surface area contributed by atoms with Crippen LogP contribution in [0.25, 0.3) is 0 Å². The van der Waals surface area contributed by atoms with Gasteiger partial charge in [-0.05, 0) is 19.1 Å². The second-order valence-corrected chi connectivity index (χ2v) is 4.98. The molecule has 104 valence electrons. The number of halogens is 1. The highest BCUT2D eigenvalue weighted by Crippen LogP contribution is 2.35. The maximum atomic E-state index is 11.3. The third kappa shape index (κ3) is 4.02. The molecule has 6 heteroatoms. The Labute approximate surface area is 120 Å². The summed E-state index contributed by atoms with van der Waals surface area (Å²) in [6.45, 7) is 2.62. The van der Waals surface area contributed by atoms with Crippen LogP contribution in [0.2, 0.25) is 0 Å². The number of rotatable bonds is 6. The van der Waals surface area contributed by atoms with Gasteiger partial charge in [0.25, 0.3) is 0 Å². The fourth-order valence-corrected chi connectivity index (χ4v) is 2.02. The summed E-state index contributed by atoms with van der Waals surface area (Å²) >= 11 is 3.22. The Bertz CT molecular complexity index is 452. The number of fused-ring (bicyclic) bond motifs is 1. The van der Waals surface area contributed by atoms with E-state index >= 15 is 0 Å². The SMILES string of the molecule is CC(CNC(=O)CCBr)Oc1ccc2c(c1)OCO2. The van der Waals surface area contributed by atoms with Gasteiger partial charge in [-0.25, -0.2) is 0 Å². The van der Waals surface area contributed by atoms with Gasteiger partial charge in [0.15, 0.2) is 11.5 Å². The minimum atomic E-state index is -0.111. The summed E-state index contributed by atoms with van der Waals surface area (Å²) < 4.78 is 16.2. The molecule has 0 spiro atoms. The van der Waals surface area contributed by atoms with Crippen LogP contribution in [0.3, 0.4) is 0 Å². The molecule has 0 aromatic heterocycles. The summed E-state index contributed by atoms with van der Waals surface area (Å²) in [5.74, 6) is 2.13. The summed E-state index contributed by atoms with van der Waals surface area (Å²) in [7, 11) is 0. The molecule has 1 aromatic carbocycles. The van der Waals surface area contributed by atoms with E-state index in [1.54, 1.807) is 6.07 Å². The Balaban J connectivity index is 1.82. The lowest BCUT2D eigenvalue weighted by atomic mass is 10.3. The summed E-state index contributed by atoms with van der Waals surface area (Å²) in [6.07, 6.45) is 0.358. The first kappa shape index (κ1) is 14.0. The van der Waals surface area contributed by atoms with E-state index in [1.807, 2.05) is 19.1 Å². The molecule has 1 heterocycles. The van der Waals surface area contributed by atoms with Crippen molar-refractivity contribution in [1.82, 2.24) is 5.32 Å². The summed E-state index contributed by atoms with van der Waals surface area (Å²) in [5.41, 5.74) is 0. The van der Waals surface area contributed by atoms with Crippen LogP contribution in [0.1, 0.15) is 13.3 Å². The maximum Gasteiger partial charge on any atom is 0.231 e. The predicted octanol–water partition coefficient (Wildman–Crippen LogP) is 2.08. The van der Waals surface area contributed by atoms with E-state index in [1.165, 1.54) is 0 Å². The lowest BCUT2D eigenvalue weighted by Crippen LogP contribution is -2.33. The number of benzene rings is 1. The van der Waals surface area contributed by atoms with E-state index in [0.717, 1.165) is 5.75 Å². The van der Waals surface area contributed by atoms with Crippen molar-refractivity contribution < 1.29 is 19.0 Å². The second kappa shape index (κ2) is 6.65. The molecule has 0 radical (unpaired) electrons. The topological polar surface area (TPSA) is 56.8 Å². The minimum absolute atomic E-state index is 0.0120. The van der Waals surface area contributed by atoms with Crippen molar-refractivity contribution in [3.05, 3.63) is 18.2 Å². The molecule has 1 aromatic rings. The molecule has 0 saturated carbocycles. The van der Waals surface area contributed by atoms with E-state index in [0.29, 0.717) is 29.8 Å². The van der Waals surface area contributed by atoms with Crippen LogP contribution in [0, 0.1) is 0 Å². The number of ether oxygens (including phenoxy) is 3. The van der Waals surface area contributed by atoms with Crippen molar-refractivity contribution in [3.8, 4) is 17.2 Å². The molecule has 19 heavy (non-hydrogen) atoms. The van der Waals surface area contributed by atoms with Gasteiger partial charge in [-0.3, -0.25) is 4.79 Å². The molecule has 1 amide bonds. The van der Waals surface area contributed by atoms with Crippen molar-refractivity contribution in [2.24, 2.45) is 0 Å². The molecule has 0 saturated heterocycles. The average molecular weight is 330 g/mol. The lowest BCUT2D eigenvalue weighted by molar-refractivity contribution is -0.121. The standard InChI is InChI=1S/C13H16BrNO4/c1-9(7-15-13(16)4-5-14)19-10-2-3-11-12(6-10)18-8-17-11/h2-3,6,9H,4-5,7-8H2,1H3,(H,15,16). The monoisotopic (exact) mass is 329 g/mol. The van der Waals surface area contributed by atoms with Crippen LogP contribution in [-0.4, -0.2) is 30.7 Å². The van der Waals surface area contributed by atoms with Crippen LogP contribution in [0.4, 0.5) is 0 Å². The number of carbonyl (C=O) groups is 1. The Hall–Kier alpha value is -1.43. The first-order valence-electron chi connectivity index (χ1n) is 6.08. The van der Waals surface area contributed by atoms with E-state index in [-0.39, 0.29) is 18.8 Å². The number of alkyl halides is 1. The fourth-order valence-electron chi connectivity index (χ4n) is 1.66. The van der Waals surface area contributed by atoms with Gasteiger partial charge in [0, 0.05) is 17.8 Å². The van der Waals surface area contributed by atoms with Gasteiger partial charge in [-0.1, -0.05) is 15.9 Å². The first-order valence-corrected chi connectivity index (χ1v) is 7.20. The maximum absolute atomic E-state index is 11.3. The van der Waals surface area contributed by atoms with Gasteiger partial charge in [0.05, 0.1) is 6.54 Å². The summed E-state index contributed by atoms with van der Waals surface area (Å²) in [5, 5.41) is 3.47. The molecule has 1 unspecified atom stereocenters. The Morgan fingerprint density at radius 2 is 2.26 bits per heavy atom. The van der Waals surface area contributed by atoms with Crippen molar-refractivity contribution in [2.75, 3.05) is 18.7 Å². The molecule has 1 aliphatic rings. The second-order valence-electron chi connectivity index (χ2n) is 4.19. The van der Waals surface area contributed by atoms with E-state index in [2.05, 4.69) is 21.2 Å². The molecule has 0 fully saturated rings. The third-order valence-electron chi connectivity index (χ3n) is 2.59. The molecular formula is C13H16BrNO4. The molecule has 1 atom stereocenters. The van der Waals surface area contributed by atoms with Crippen LogP contribution in [0.15, 0.2) is 18.2 Å². The number of nitrogens with one attached hydrogen (secondary N) is 1. The highest BCUT2D eigenvalue weighted by atomic mass is 79.9. The van der Waals surface area contributed by atoms with Crippen LogP contribution in [-0.2, 0) is 4.79 Å². The van der Waals surface area contributed by atoms with E-state index < -0.39 is 0 Å². The minimum Gasteiger partial charge on any atom is -0.489 e. The number of carbonyl (C=O) groups excluding carboxylic acids is 1. The highest BCUT2D eigenvalue weighted by molar-refractivity contribution is 9.09. The molecule has 1 N–H and O–H groups in total. The van der Waals surface area contributed by atoms with Gasteiger partial charge < -0.3 is 19.5 Å². The molecule has 5 nitrogen and oxygen atoms in total. The van der Waals surface area contributed by atoms with E-state index in [9.17, 15) is 4.79 Å². The number of amides is 1.